The van der Waals surface area contributed by atoms with E-state index in [0.717, 1.165) is 25.0 Å². The molecular weight excluding hydrogens is 242 g/mol. The van der Waals surface area contributed by atoms with Crippen molar-refractivity contribution in [2.75, 3.05) is 13.2 Å². The van der Waals surface area contributed by atoms with Crippen LogP contribution in [0.2, 0.25) is 0 Å². The van der Waals surface area contributed by atoms with Crippen LogP contribution >= 0.6 is 0 Å². The van der Waals surface area contributed by atoms with Crippen molar-refractivity contribution in [3.63, 3.8) is 0 Å². The third kappa shape index (κ3) is 4.67. The van der Waals surface area contributed by atoms with Crippen LogP contribution in [0.4, 0.5) is 0 Å². The van der Waals surface area contributed by atoms with Gasteiger partial charge in [-0.2, -0.15) is 5.10 Å². The number of carbonyl (C=O) groups excluding carboxylic acids is 1. The molecule has 0 atom stereocenters. The monoisotopic (exact) mass is 267 g/mol. The van der Waals surface area contributed by atoms with Gasteiger partial charge >= 0.3 is 0 Å². The van der Waals surface area contributed by atoms with Crippen molar-refractivity contribution in [2.45, 2.75) is 40.0 Å². The molecule has 2 N–H and O–H groups in total. The number of hydrogen-bond donors (Lipinski definition) is 2. The van der Waals surface area contributed by atoms with Crippen LogP contribution in [0.3, 0.4) is 0 Å². The highest BCUT2D eigenvalue weighted by atomic mass is 16.2. The summed E-state index contributed by atoms with van der Waals surface area (Å²) in [5, 5.41) is 16.1. The highest BCUT2D eigenvalue weighted by Gasteiger charge is 2.20. The Morgan fingerprint density at radius 3 is 2.74 bits per heavy atom. The van der Waals surface area contributed by atoms with Gasteiger partial charge in [-0.3, -0.25) is 9.48 Å². The van der Waals surface area contributed by atoms with Gasteiger partial charge in [-0.05, 0) is 30.7 Å². The lowest BCUT2D eigenvalue weighted by Gasteiger charge is -2.24. The predicted molar refractivity (Wildman–Crippen MR) is 75.0 cm³/mol. The van der Waals surface area contributed by atoms with Crippen molar-refractivity contribution in [3.05, 3.63) is 17.5 Å². The van der Waals surface area contributed by atoms with E-state index in [1.54, 1.807) is 11.7 Å². The van der Waals surface area contributed by atoms with Crippen LogP contribution in [0.1, 0.15) is 49.8 Å². The van der Waals surface area contributed by atoms with Gasteiger partial charge in [-0.1, -0.05) is 20.8 Å². The third-order valence-corrected chi connectivity index (χ3v) is 3.26. The van der Waals surface area contributed by atoms with E-state index in [1.807, 2.05) is 13.0 Å². The van der Waals surface area contributed by atoms with Crippen LogP contribution in [0.15, 0.2) is 6.07 Å². The van der Waals surface area contributed by atoms with E-state index in [2.05, 4.69) is 24.3 Å². The average Bonchev–Trinajstić information content (AvgIpc) is 2.75. The predicted octanol–water partition coefficient (Wildman–Crippen LogP) is 1.51. The maximum absolute atomic E-state index is 12.1. The zero-order chi connectivity index (χ0) is 14.5. The van der Waals surface area contributed by atoms with Crippen LogP contribution in [0, 0.1) is 5.41 Å². The van der Waals surface area contributed by atoms with Gasteiger partial charge in [0.05, 0.1) is 5.69 Å². The van der Waals surface area contributed by atoms with E-state index in [1.165, 1.54) is 0 Å². The molecule has 0 aliphatic heterocycles. The lowest BCUT2D eigenvalue weighted by molar-refractivity contribution is 0.0923. The molecule has 1 aromatic heterocycles. The second kappa shape index (κ2) is 6.70. The number of nitrogens with one attached hydrogen (secondary N) is 1. The Hall–Kier alpha value is -1.36. The van der Waals surface area contributed by atoms with E-state index in [9.17, 15) is 4.79 Å². The molecule has 1 aromatic rings. The number of rotatable bonds is 7. The number of aromatic nitrogens is 2. The molecule has 0 aliphatic carbocycles. The number of aliphatic hydroxyl groups is 1. The Morgan fingerprint density at radius 1 is 1.53 bits per heavy atom. The second-order valence-electron chi connectivity index (χ2n) is 5.67. The summed E-state index contributed by atoms with van der Waals surface area (Å²) in [4.78, 5) is 12.1. The number of amides is 1. The molecule has 0 fully saturated rings. The summed E-state index contributed by atoms with van der Waals surface area (Å²) < 4.78 is 1.62. The summed E-state index contributed by atoms with van der Waals surface area (Å²) in [5.74, 6) is -0.0910. The Morgan fingerprint density at radius 2 is 2.21 bits per heavy atom. The Labute approximate surface area is 115 Å². The number of hydrogen-bond acceptors (Lipinski definition) is 3. The SMILES string of the molecule is CCc1cc(C(=O)NCC(C)(C)CCCO)n(C)n1. The molecule has 0 saturated carbocycles. The van der Waals surface area contributed by atoms with Gasteiger partial charge in [0.2, 0.25) is 0 Å². The molecule has 0 spiro atoms. The fourth-order valence-electron chi connectivity index (χ4n) is 1.97. The lowest BCUT2D eigenvalue weighted by atomic mass is 9.88. The quantitative estimate of drug-likeness (QED) is 0.787. The number of nitrogens with zero attached hydrogens (tertiary/aromatic N) is 2. The number of aliphatic hydroxyl groups excluding tert-OH is 1. The molecule has 5 heteroatoms. The van der Waals surface area contributed by atoms with E-state index >= 15 is 0 Å². The molecule has 0 bridgehead atoms. The summed E-state index contributed by atoms with van der Waals surface area (Å²) in [5.41, 5.74) is 1.51. The summed E-state index contributed by atoms with van der Waals surface area (Å²) in [6, 6.07) is 1.83. The van der Waals surface area contributed by atoms with Gasteiger partial charge in [0.25, 0.3) is 5.91 Å². The van der Waals surface area contributed by atoms with Crippen LogP contribution in [-0.2, 0) is 13.5 Å². The van der Waals surface area contributed by atoms with Gasteiger partial charge in [-0.15, -0.1) is 0 Å². The van der Waals surface area contributed by atoms with E-state index in [-0.39, 0.29) is 17.9 Å². The molecule has 19 heavy (non-hydrogen) atoms. The van der Waals surface area contributed by atoms with Crippen molar-refractivity contribution in [3.8, 4) is 0 Å². The summed E-state index contributed by atoms with van der Waals surface area (Å²) in [6.45, 7) is 6.98. The first-order valence-corrected chi connectivity index (χ1v) is 6.81. The van der Waals surface area contributed by atoms with E-state index < -0.39 is 0 Å². The molecule has 0 aromatic carbocycles. The maximum Gasteiger partial charge on any atom is 0.269 e. The lowest BCUT2D eigenvalue weighted by Crippen LogP contribution is -2.35. The first kappa shape index (κ1) is 15.7. The molecule has 0 saturated heterocycles. The minimum Gasteiger partial charge on any atom is -0.396 e. The summed E-state index contributed by atoms with van der Waals surface area (Å²) in [7, 11) is 1.78. The Kier molecular flexibility index (Phi) is 5.54. The zero-order valence-electron chi connectivity index (χ0n) is 12.4. The zero-order valence-corrected chi connectivity index (χ0v) is 12.4. The standard InChI is InChI=1S/C14H25N3O2/c1-5-11-9-12(17(4)16-11)13(19)15-10-14(2,3)7-6-8-18/h9,18H,5-8,10H2,1-4H3,(H,15,19). The number of aryl methyl sites for hydroxylation is 2. The minimum absolute atomic E-state index is 0.00936. The van der Waals surface area contributed by atoms with Crippen LogP contribution in [0.25, 0.3) is 0 Å². The van der Waals surface area contributed by atoms with Crippen molar-refractivity contribution in [1.82, 2.24) is 15.1 Å². The Bertz CT molecular complexity index is 424. The van der Waals surface area contributed by atoms with Gasteiger partial charge in [-0.25, -0.2) is 0 Å². The van der Waals surface area contributed by atoms with E-state index in [4.69, 9.17) is 5.11 Å². The highest BCUT2D eigenvalue weighted by Crippen LogP contribution is 2.20. The Balaban J connectivity index is 2.57. The van der Waals surface area contributed by atoms with Crippen LogP contribution in [0.5, 0.6) is 0 Å². The molecule has 108 valence electrons. The van der Waals surface area contributed by atoms with Crippen molar-refractivity contribution < 1.29 is 9.90 Å². The van der Waals surface area contributed by atoms with Gasteiger partial charge in [0, 0.05) is 20.2 Å². The average molecular weight is 267 g/mol. The highest BCUT2D eigenvalue weighted by molar-refractivity contribution is 5.92. The summed E-state index contributed by atoms with van der Waals surface area (Å²) in [6.07, 6.45) is 2.47. The van der Waals surface area contributed by atoms with Gasteiger partial charge < -0.3 is 10.4 Å². The molecule has 0 aliphatic rings. The van der Waals surface area contributed by atoms with Crippen molar-refractivity contribution >= 4 is 5.91 Å². The first-order chi connectivity index (χ1) is 8.89. The van der Waals surface area contributed by atoms with Crippen LogP contribution in [-0.4, -0.2) is 33.9 Å². The third-order valence-electron chi connectivity index (χ3n) is 3.26. The smallest absolute Gasteiger partial charge is 0.269 e. The minimum atomic E-state index is -0.0910. The summed E-state index contributed by atoms with van der Waals surface area (Å²) >= 11 is 0. The largest absolute Gasteiger partial charge is 0.396 e. The van der Waals surface area contributed by atoms with Gasteiger partial charge in [0.15, 0.2) is 0 Å². The fraction of sp³-hybridized carbons (Fsp3) is 0.714. The maximum atomic E-state index is 12.1. The molecule has 1 heterocycles. The van der Waals surface area contributed by atoms with E-state index in [0.29, 0.717) is 12.2 Å². The normalized spacial score (nSPS) is 11.6. The number of carbonyl (C=O) groups is 1. The molecular formula is C14H25N3O2. The van der Waals surface area contributed by atoms with Gasteiger partial charge in [0.1, 0.15) is 5.69 Å². The molecule has 0 radical (unpaired) electrons. The van der Waals surface area contributed by atoms with Crippen LogP contribution < -0.4 is 5.32 Å². The van der Waals surface area contributed by atoms with Crippen molar-refractivity contribution in [2.24, 2.45) is 12.5 Å². The first-order valence-electron chi connectivity index (χ1n) is 6.81. The molecule has 1 rings (SSSR count). The second-order valence-corrected chi connectivity index (χ2v) is 5.67. The fourth-order valence-corrected chi connectivity index (χ4v) is 1.97. The molecule has 5 nitrogen and oxygen atoms in total. The van der Waals surface area contributed by atoms with Crippen molar-refractivity contribution in [1.29, 1.82) is 0 Å². The molecule has 0 unspecified atom stereocenters. The topological polar surface area (TPSA) is 67.2 Å². The molecule has 1 amide bonds.